The van der Waals surface area contributed by atoms with Crippen LogP contribution in [-0.2, 0) is 9.59 Å². The summed E-state index contributed by atoms with van der Waals surface area (Å²) < 4.78 is 0. The molecule has 1 fully saturated rings. The third-order valence-electron chi connectivity index (χ3n) is 2.70. The van der Waals surface area contributed by atoms with Gasteiger partial charge in [0.15, 0.2) is 0 Å². The zero-order valence-corrected chi connectivity index (χ0v) is 9.16. The van der Waals surface area contributed by atoms with Gasteiger partial charge < -0.3 is 5.32 Å². The summed E-state index contributed by atoms with van der Waals surface area (Å²) in [6.45, 7) is 7.30. The molecular weight excluding hydrogens is 192 g/mol. The summed E-state index contributed by atoms with van der Waals surface area (Å²) in [7, 11) is 0. The van der Waals surface area contributed by atoms with Crippen LogP contribution in [0.15, 0.2) is 12.7 Å². The van der Waals surface area contributed by atoms with E-state index in [1.54, 1.807) is 6.08 Å². The van der Waals surface area contributed by atoms with Crippen LogP contribution in [0.5, 0.6) is 0 Å². The highest BCUT2D eigenvalue weighted by Gasteiger charge is 2.24. The Labute approximate surface area is 90.3 Å². The summed E-state index contributed by atoms with van der Waals surface area (Å²) in [5, 5.41) is 2.76. The predicted molar refractivity (Wildman–Crippen MR) is 58.5 cm³/mol. The SMILES string of the molecule is C=CCNC(=O)C(C)N1CCC(=O)CC1. The van der Waals surface area contributed by atoms with Gasteiger partial charge in [0, 0.05) is 32.5 Å². The lowest BCUT2D eigenvalue weighted by atomic mass is 10.1. The molecule has 4 heteroatoms. The smallest absolute Gasteiger partial charge is 0.237 e. The number of hydrogen-bond donors (Lipinski definition) is 1. The summed E-state index contributed by atoms with van der Waals surface area (Å²) in [4.78, 5) is 24.7. The van der Waals surface area contributed by atoms with Crippen molar-refractivity contribution in [2.24, 2.45) is 0 Å². The molecule has 1 aliphatic rings. The van der Waals surface area contributed by atoms with Crippen molar-refractivity contribution >= 4 is 11.7 Å². The predicted octanol–water partition coefficient (Wildman–Crippen LogP) is 0.342. The van der Waals surface area contributed by atoms with Crippen LogP contribution in [-0.4, -0.2) is 42.3 Å². The number of carbonyl (C=O) groups excluding carboxylic acids is 2. The van der Waals surface area contributed by atoms with Crippen LogP contribution < -0.4 is 5.32 Å². The lowest BCUT2D eigenvalue weighted by Gasteiger charge is -2.30. The van der Waals surface area contributed by atoms with Crippen LogP contribution in [0.4, 0.5) is 0 Å². The molecule has 1 aliphatic heterocycles. The number of hydrogen-bond acceptors (Lipinski definition) is 3. The normalized spacial score (nSPS) is 19.7. The Morgan fingerprint density at radius 2 is 2.20 bits per heavy atom. The van der Waals surface area contributed by atoms with E-state index in [4.69, 9.17) is 0 Å². The molecular formula is C11H18N2O2. The van der Waals surface area contributed by atoms with Crippen LogP contribution in [0.3, 0.4) is 0 Å². The molecule has 1 heterocycles. The molecule has 1 unspecified atom stereocenters. The first kappa shape index (κ1) is 11.9. The van der Waals surface area contributed by atoms with Crippen molar-refractivity contribution in [3.8, 4) is 0 Å². The number of carbonyl (C=O) groups is 2. The van der Waals surface area contributed by atoms with Gasteiger partial charge in [0.05, 0.1) is 6.04 Å². The first-order valence-electron chi connectivity index (χ1n) is 5.29. The van der Waals surface area contributed by atoms with Crippen molar-refractivity contribution in [2.45, 2.75) is 25.8 Å². The number of likely N-dealkylation sites (tertiary alicyclic amines) is 1. The van der Waals surface area contributed by atoms with Gasteiger partial charge in [0.2, 0.25) is 5.91 Å². The van der Waals surface area contributed by atoms with Crippen LogP contribution in [0, 0.1) is 0 Å². The first-order valence-corrected chi connectivity index (χ1v) is 5.29. The Morgan fingerprint density at radius 1 is 1.60 bits per heavy atom. The number of nitrogens with one attached hydrogen (secondary N) is 1. The van der Waals surface area contributed by atoms with Gasteiger partial charge in [-0.3, -0.25) is 14.5 Å². The highest BCUT2D eigenvalue weighted by Crippen LogP contribution is 2.09. The van der Waals surface area contributed by atoms with E-state index in [1.165, 1.54) is 0 Å². The van der Waals surface area contributed by atoms with Crippen LogP contribution >= 0.6 is 0 Å². The Balaban J connectivity index is 2.38. The van der Waals surface area contributed by atoms with Gasteiger partial charge in [-0.1, -0.05) is 6.08 Å². The Bertz CT molecular complexity index is 253. The number of rotatable bonds is 4. The molecule has 15 heavy (non-hydrogen) atoms. The second-order valence-electron chi connectivity index (χ2n) is 3.78. The maximum atomic E-state index is 11.6. The van der Waals surface area contributed by atoms with E-state index >= 15 is 0 Å². The standard InChI is InChI=1S/C11H18N2O2/c1-3-6-12-11(15)9(2)13-7-4-10(14)5-8-13/h3,9H,1,4-8H2,2H3,(H,12,15). The van der Waals surface area contributed by atoms with Crippen molar-refractivity contribution in [1.29, 1.82) is 0 Å². The lowest BCUT2D eigenvalue weighted by Crippen LogP contribution is -2.48. The van der Waals surface area contributed by atoms with Gasteiger partial charge in [-0.2, -0.15) is 0 Å². The van der Waals surface area contributed by atoms with Crippen LogP contribution in [0.25, 0.3) is 0 Å². The summed E-state index contributed by atoms with van der Waals surface area (Å²) >= 11 is 0. The molecule has 0 radical (unpaired) electrons. The van der Waals surface area contributed by atoms with Crippen molar-refractivity contribution in [2.75, 3.05) is 19.6 Å². The number of amides is 1. The highest BCUT2D eigenvalue weighted by atomic mass is 16.2. The average molecular weight is 210 g/mol. The molecule has 0 spiro atoms. The zero-order valence-electron chi connectivity index (χ0n) is 9.16. The molecule has 1 N–H and O–H groups in total. The van der Waals surface area contributed by atoms with Gasteiger partial charge in [-0.05, 0) is 6.92 Å². The number of Topliss-reactive ketones (excluding diaryl/α,β-unsaturated/α-hetero) is 1. The molecule has 0 saturated carbocycles. The molecule has 0 aliphatic carbocycles. The summed E-state index contributed by atoms with van der Waals surface area (Å²) in [6, 6.07) is -0.155. The third-order valence-corrected chi connectivity index (χ3v) is 2.70. The Kier molecular flexibility index (Phi) is 4.49. The quantitative estimate of drug-likeness (QED) is 0.681. The second kappa shape index (κ2) is 5.66. The van der Waals surface area contributed by atoms with Crippen molar-refractivity contribution in [3.63, 3.8) is 0 Å². The number of nitrogens with zero attached hydrogens (tertiary/aromatic N) is 1. The van der Waals surface area contributed by atoms with Gasteiger partial charge in [0.25, 0.3) is 0 Å². The van der Waals surface area contributed by atoms with Gasteiger partial charge >= 0.3 is 0 Å². The van der Waals surface area contributed by atoms with E-state index < -0.39 is 0 Å². The van der Waals surface area contributed by atoms with Gasteiger partial charge in [-0.15, -0.1) is 6.58 Å². The largest absolute Gasteiger partial charge is 0.351 e. The average Bonchev–Trinajstić information content (AvgIpc) is 2.26. The van der Waals surface area contributed by atoms with E-state index in [0.717, 1.165) is 0 Å². The minimum absolute atomic E-state index is 0.00393. The minimum atomic E-state index is -0.155. The van der Waals surface area contributed by atoms with E-state index in [-0.39, 0.29) is 11.9 Å². The maximum absolute atomic E-state index is 11.6. The summed E-state index contributed by atoms with van der Waals surface area (Å²) in [5.41, 5.74) is 0. The van der Waals surface area contributed by atoms with Crippen molar-refractivity contribution in [3.05, 3.63) is 12.7 Å². The van der Waals surface area contributed by atoms with Crippen molar-refractivity contribution in [1.82, 2.24) is 10.2 Å². The summed E-state index contributed by atoms with van der Waals surface area (Å²) in [6.07, 6.45) is 2.79. The Hall–Kier alpha value is -1.16. The third kappa shape index (κ3) is 3.47. The summed E-state index contributed by atoms with van der Waals surface area (Å²) in [5.74, 6) is 0.300. The van der Waals surface area contributed by atoms with E-state index in [1.807, 2.05) is 11.8 Å². The molecule has 4 nitrogen and oxygen atoms in total. The Morgan fingerprint density at radius 3 is 2.73 bits per heavy atom. The monoisotopic (exact) mass is 210 g/mol. The maximum Gasteiger partial charge on any atom is 0.237 e. The molecule has 1 rings (SSSR count). The molecule has 0 aromatic carbocycles. The molecule has 0 aromatic rings. The molecule has 1 amide bonds. The number of ketones is 1. The fraction of sp³-hybridized carbons (Fsp3) is 0.636. The van der Waals surface area contributed by atoms with E-state index in [2.05, 4.69) is 11.9 Å². The molecule has 1 saturated heterocycles. The molecule has 0 bridgehead atoms. The van der Waals surface area contributed by atoms with Gasteiger partial charge in [0.1, 0.15) is 5.78 Å². The molecule has 1 atom stereocenters. The topological polar surface area (TPSA) is 49.4 Å². The van der Waals surface area contributed by atoms with Crippen LogP contribution in [0.1, 0.15) is 19.8 Å². The highest BCUT2D eigenvalue weighted by molar-refractivity contribution is 5.83. The van der Waals surface area contributed by atoms with E-state index in [0.29, 0.717) is 38.3 Å². The van der Waals surface area contributed by atoms with E-state index in [9.17, 15) is 9.59 Å². The second-order valence-corrected chi connectivity index (χ2v) is 3.78. The molecule has 0 aromatic heterocycles. The molecule has 84 valence electrons. The first-order chi connectivity index (χ1) is 7.15. The fourth-order valence-electron chi connectivity index (χ4n) is 1.65. The fourth-order valence-corrected chi connectivity index (χ4v) is 1.65. The van der Waals surface area contributed by atoms with Crippen LogP contribution in [0.2, 0.25) is 0 Å². The lowest BCUT2D eigenvalue weighted by molar-refractivity contribution is -0.129. The minimum Gasteiger partial charge on any atom is -0.351 e. The number of piperidine rings is 1. The van der Waals surface area contributed by atoms with Gasteiger partial charge in [-0.25, -0.2) is 0 Å². The zero-order chi connectivity index (χ0) is 11.3. The van der Waals surface area contributed by atoms with Crippen molar-refractivity contribution < 1.29 is 9.59 Å².